The van der Waals surface area contributed by atoms with Crippen LogP contribution in [0.2, 0.25) is 20.1 Å². The third-order valence-corrected chi connectivity index (χ3v) is 13.7. The SMILES string of the molecule is CC[C@H]1CN(c2ncc([N+](=O)[O-])cc2Cl)CCN1.CC[C@H]1CN(c2ncc([N+](=O)[O-])cc2Cl)CCN1C1CCN(Cc2ccc(Cl)cc2F)CC1.O=C1CCN(Cc2ccc(Cl)cc2F)CC1. The molecule has 0 amide bonds. The number of piperidine rings is 2. The number of nitrogens with one attached hydrogen (secondary N) is 1. The molecule has 362 valence electrons. The Morgan fingerprint density at radius 3 is 1.66 bits per heavy atom. The van der Waals surface area contributed by atoms with Gasteiger partial charge in [0.15, 0.2) is 0 Å². The van der Waals surface area contributed by atoms with Crippen molar-refractivity contribution in [2.24, 2.45) is 0 Å². The molecule has 2 aromatic heterocycles. The molecule has 0 aliphatic carbocycles. The molecule has 2 aromatic carbocycles. The zero-order valence-corrected chi connectivity index (χ0v) is 40.6. The van der Waals surface area contributed by atoms with Crippen molar-refractivity contribution in [3.05, 3.63) is 124 Å². The van der Waals surface area contributed by atoms with Gasteiger partial charge >= 0.3 is 0 Å². The highest BCUT2D eigenvalue weighted by molar-refractivity contribution is 6.33. The molecule has 67 heavy (non-hydrogen) atoms. The summed E-state index contributed by atoms with van der Waals surface area (Å²) in [7, 11) is 0. The second-order valence-corrected chi connectivity index (χ2v) is 18.7. The number of likely N-dealkylation sites (tertiary alicyclic amines) is 2. The summed E-state index contributed by atoms with van der Waals surface area (Å²) < 4.78 is 27.7. The minimum Gasteiger partial charge on any atom is -0.353 e. The van der Waals surface area contributed by atoms with Crippen LogP contribution in [0.5, 0.6) is 0 Å². The van der Waals surface area contributed by atoms with Crippen LogP contribution in [-0.2, 0) is 17.9 Å². The van der Waals surface area contributed by atoms with E-state index >= 15 is 0 Å². The van der Waals surface area contributed by atoms with Crippen LogP contribution in [0.25, 0.3) is 0 Å². The van der Waals surface area contributed by atoms with E-state index in [1.165, 1.54) is 36.7 Å². The molecule has 15 nitrogen and oxygen atoms in total. The highest BCUT2D eigenvalue weighted by atomic mass is 35.5. The Labute approximate surface area is 409 Å². The topological polar surface area (TPSA) is 157 Å². The minimum atomic E-state index is -0.491. The number of pyridine rings is 2. The van der Waals surface area contributed by atoms with E-state index in [0.717, 1.165) is 91.1 Å². The Kier molecular flexibility index (Phi) is 19.3. The number of ketones is 1. The quantitative estimate of drug-likeness (QED) is 0.112. The zero-order chi connectivity index (χ0) is 48.2. The fraction of sp³-hybridized carbons (Fsp3) is 0.500. The summed E-state index contributed by atoms with van der Waals surface area (Å²) in [4.78, 5) is 51.3. The zero-order valence-electron chi connectivity index (χ0n) is 37.6. The standard InChI is InChI=1S/C23H28Cl2FN5O2.C12H13ClFNO.C11H15ClN4O2/c1-2-18-15-29(23-21(25)12-20(13-27-23)31(32)33)9-10-30(18)19-5-7-28(8-6-19)14-16-3-4-17(24)11-22(16)26;13-10-2-1-9(12(14)7-10)8-15-5-3-11(16)4-6-15;1-2-8-7-15(4-3-13-8)11-10(12)5-9(6-14-11)16(17)18/h3-4,11-13,18-19H,2,5-10,14-15H2,1H3;1-2,7H,3-6,8H2;5-6,8,13H,2-4,7H2,1H3/t18-;;8-/m0.0/s1. The van der Waals surface area contributed by atoms with Gasteiger partial charge in [-0.3, -0.25) is 39.7 Å². The number of halogens is 6. The summed E-state index contributed by atoms with van der Waals surface area (Å²) in [5.74, 6) is 1.02. The Balaban J connectivity index is 0.000000183. The summed E-state index contributed by atoms with van der Waals surface area (Å²) in [6.45, 7) is 13.7. The van der Waals surface area contributed by atoms with Gasteiger partial charge in [-0.05, 0) is 63.0 Å². The summed E-state index contributed by atoms with van der Waals surface area (Å²) in [5.41, 5.74) is 1.15. The van der Waals surface area contributed by atoms with Gasteiger partial charge in [-0.1, -0.05) is 72.4 Å². The lowest BCUT2D eigenvalue weighted by molar-refractivity contribution is -0.385. The fourth-order valence-corrected chi connectivity index (χ4v) is 9.73. The average Bonchev–Trinajstić information content (AvgIpc) is 3.32. The smallest absolute Gasteiger partial charge is 0.289 e. The normalized spacial score (nSPS) is 19.9. The van der Waals surface area contributed by atoms with Crippen LogP contribution in [0.4, 0.5) is 31.8 Å². The van der Waals surface area contributed by atoms with Gasteiger partial charge in [-0.2, -0.15) is 0 Å². The molecule has 0 radical (unpaired) electrons. The second kappa shape index (κ2) is 24.8. The summed E-state index contributed by atoms with van der Waals surface area (Å²) >= 11 is 23.9. The predicted octanol–water partition coefficient (Wildman–Crippen LogP) is 9.48. The Bertz CT molecular complexity index is 2340. The molecular weight excluding hydrogens is 952 g/mol. The van der Waals surface area contributed by atoms with Crippen molar-refractivity contribution in [2.45, 2.75) is 83.6 Å². The van der Waals surface area contributed by atoms with Crippen LogP contribution >= 0.6 is 46.4 Å². The van der Waals surface area contributed by atoms with Crippen LogP contribution in [0.3, 0.4) is 0 Å². The Morgan fingerprint density at radius 1 is 0.687 bits per heavy atom. The molecule has 0 spiro atoms. The van der Waals surface area contributed by atoms with Crippen LogP contribution in [0.15, 0.2) is 60.9 Å². The number of carbonyl (C=O) groups excluding carboxylic acids is 1. The number of anilines is 2. The molecule has 6 heterocycles. The van der Waals surface area contributed by atoms with E-state index in [1.54, 1.807) is 24.3 Å². The maximum absolute atomic E-state index is 14.2. The highest BCUT2D eigenvalue weighted by Gasteiger charge is 2.34. The van der Waals surface area contributed by atoms with Crippen molar-refractivity contribution in [1.82, 2.24) is 30.0 Å². The molecule has 0 bridgehead atoms. The summed E-state index contributed by atoms with van der Waals surface area (Å²) in [6, 6.07) is 13.6. The Morgan fingerprint density at radius 2 is 1.19 bits per heavy atom. The van der Waals surface area contributed by atoms with Crippen LogP contribution in [0, 0.1) is 31.9 Å². The number of nitrogens with zero attached hydrogens (tertiary/aromatic N) is 9. The van der Waals surface area contributed by atoms with Crippen LogP contribution in [-0.4, -0.2) is 124 Å². The molecule has 1 N–H and O–H groups in total. The van der Waals surface area contributed by atoms with E-state index in [1.807, 2.05) is 0 Å². The van der Waals surface area contributed by atoms with Gasteiger partial charge in [0, 0.05) is 130 Å². The van der Waals surface area contributed by atoms with E-state index in [4.69, 9.17) is 46.4 Å². The third kappa shape index (κ3) is 14.6. The van der Waals surface area contributed by atoms with Gasteiger partial charge < -0.3 is 15.1 Å². The number of hydrogen-bond acceptors (Lipinski definition) is 13. The average molecular weight is 1010 g/mol. The monoisotopic (exact) mass is 1010 g/mol. The molecule has 0 unspecified atom stereocenters. The second-order valence-electron chi connectivity index (χ2n) is 17.1. The first kappa shape index (κ1) is 52.0. The maximum atomic E-state index is 14.2. The van der Waals surface area contributed by atoms with Crippen molar-refractivity contribution in [1.29, 1.82) is 0 Å². The van der Waals surface area contributed by atoms with E-state index in [2.05, 4.69) is 53.6 Å². The lowest BCUT2D eigenvalue weighted by atomic mass is 9.97. The number of nitro groups is 2. The summed E-state index contributed by atoms with van der Waals surface area (Å²) in [6.07, 6.45) is 7.80. The van der Waals surface area contributed by atoms with Gasteiger partial charge in [0.2, 0.25) is 0 Å². The number of rotatable bonds is 11. The van der Waals surface area contributed by atoms with Gasteiger partial charge in [0.1, 0.15) is 41.4 Å². The molecule has 4 saturated heterocycles. The van der Waals surface area contributed by atoms with E-state index < -0.39 is 9.85 Å². The van der Waals surface area contributed by atoms with Crippen molar-refractivity contribution < 1.29 is 23.4 Å². The Hall–Kier alpha value is -4.33. The largest absolute Gasteiger partial charge is 0.353 e. The van der Waals surface area contributed by atoms with E-state index in [-0.39, 0.29) is 23.0 Å². The van der Waals surface area contributed by atoms with Crippen molar-refractivity contribution in [3.8, 4) is 0 Å². The fourth-order valence-electron chi connectivity index (χ4n) is 8.85. The van der Waals surface area contributed by atoms with Crippen molar-refractivity contribution >= 4 is 75.2 Å². The van der Waals surface area contributed by atoms with Crippen LogP contribution < -0.4 is 15.1 Å². The van der Waals surface area contributed by atoms with Gasteiger partial charge in [-0.15, -0.1) is 0 Å². The molecule has 21 heteroatoms. The molecule has 2 atom stereocenters. The number of Topliss-reactive ketones (excluding diaryl/α,β-unsaturated/α-hetero) is 1. The summed E-state index contributed by atoms with van der Waals surface area (Å²) in [5, 5.41) is 26.5. The molecule has 0 saturated carbocycles. The van der Waals surface area contributed by atoms with Crippen molar-refractivity contribution in [2.75, 3.05) is 75.2 Å². The van der Waals surface area contributed by atoms with Gasteiger partial charge in [-0.25, -0.2) is 18.7 Å². The van der Waals surface area contributed by atoms with E-state index in [9.17, 15) is 33.8 Å². The molecule has 8 rings (SSSR count). The lowest BCUT2D eigenvalue weighted by Gasteiger charge is -2.47. The molecule has 4 fully saturated rings. The number of carbonyl (C=O) groups is 1. The first-order chi connectivity index (χ1) is 32.1. The first-order valence-corrected chi connectivity index (χ1v) is 24.1. The van der Waals surface area contributed by atoms with Gasteiger partial charge in [0.25, 0.3) is 11.4 Å². The third-order valence-electron chi connectivity index (χ3n) is 12.6. The number of piperazine rings is 2. The number of aromatic nitrogens is 2. The predicted molar refractivity (Wildman–Crippen MR) is 260 cm³/mol. The minimum absolute atomic E-state index is 0.0778. The molecule has 4 aromatic rings. The maximum Gasteiger partial charge on any atom is 0.289 e. The molecule has 4 aliphatic rings. The molecular formula is C46H56Cl4F2N10O5. The highest BCUT2D eigenvalue weighted by Crippen LogP contribution is 2.32. The number of hydrogen-bond donors (Lipinski definition) is 1. The van der Waals surface area contributed by atoms with Crippen molar-refractivity contribution in [3.63, 3.8) is 0 Å². The first-order valence-electron chi connectivity index (χ1n) is 22.5. The number of benzene rings is 2. The van der Waals surface area contributed by atoms with Gasteiger partial charge in [0.05, 0.1) is 19.9 Å². The molecule has 4 aliphatic heterocycles. The van der Waals surface area contributed by atoms with Crippen LogP contribution in [0.1, 0.15) is 63.5 Å². The lowest BCUT2D eigenvalue weighted by Crippen LogP contribution is -2.58. The van der Waals surface area contributed by atoms with E-state index in [0.29, 0.717) is 92.7 Å².